The normalized spacial score (nSPS) is 23.0. The van der Waals surface area contributed by atoms with Gasteiger partial charge in [-0.15, -0.1) is 11.6 Å². The summed E-state index contributed by atoms with van der Waals surface area (Å²) in [7, 11) is 0. The van der Waals surface area contributed by atoms with Crippen molar-refractivity contribution >= 4 is 17.5 Å². The predicted molar refractivity (Wildman–Crippen MR) is 75.1 cm³/mol. The molecule has 1 aromatic carbocycles. The topological polar surface area (TPSA) is 29.1 Å². The predicted octanol–water partition coefficient (Wildman–Crippen LogP) is 3.38. The van der Waals surface area contributed by atoms with Gasteiger partial charge in [-0.25, -0.2) is 0 Å². The van der Waals surface area contributed by atoms with Crippen molar-refractivity contribution in [2.75, 3.05) is 12.4 Å². The van der Waals surface area contributed by atoms with E-state index in [1.54, 1.807) is 0 Å². The van der Waals surface area contributed by atoms with E-state index in [1.165, 1.54) is 19.3 Å². The molecule has 1 aromatic rings. The van der Waals surface area contributed by atoms with Gasteiger partial charge >= 0.3 is 0 Å². The third kappa shape index (κ3) is 3.05. The van der Waals surface area contributed by atoms with Crippen LogP contribution < -0.4 is 5.32 Å². The summed E-state index contributed by atoms with van der Waals surface area (Å²) < 4.78 is 0. The van der Waals surface area contributed by atoms with E-state index >= 15 is 0 Å². The first kappa shape index (κ1) is 13.4. The molecule has 2 nitrogen and oxygen atoms in total. The number of hydrogen-bond acceptors (Lipinski definition) is 1. The highest BCUT2D eigenvalue weighted by atomic mass is 35.5. The average Bonchev–Trinajstić information content (AvgIpc) is 2.84. The van der Waals surface area contributed by atoms with Crippen molar-refractivity contribution in [3.63, 3.8) is 0 Å². The Hall–Kier alpha value is -1.02. The maximum atomic E-state index is 12.1. The summed E-state index contributed by atoms with van der Waals surface area (Å²) in [6, 6.07) is 7.69. The molecule has 1 fully saturated rings. The Balaban J connectivity index is 1.91. The van der Waals surface area contributed by atoms with Gasteiger partial charge in [0.1, 0.15) is 0 Å². The molecule has 98 valence electrons. The second-order valence-electron chi connectivity index (χ2n) is 5.13. The van der Waals surface area contributed by atoms with Crippen molar-refractivity contribution in [3.05, 3.63) is 35.4 Å². The molecule has 2 atom stereocenters. The van der Waals surface area contributed by atoms with Gasteiger partial charge in [-0.3, -0.25) is 4.79 Å². The van der Waals surface area contributed by atoms with Crippen molar-refractivity contribution in [2.24, 2.45) is 11.8 Å². The average molecular weight is 266 g/mol. The fraction of sp³-hybridized carbons (Fsp3) is 0.533. The molecule has 18 heavy (non-hydrogen) atoms. The molecule has 0 spiro atoms. The van der Waals surface area contributed by atoms with Crippen molar-refractivity contribution in [1.29, 1.82) is 0 Å². The van der Waals surface area contributed by atoms with E-state index in [-0.39, 0.29) is 5.91 Å². The molecule has 0 saturated heterocycles. The van der Waals surface area contributed by atoms with Gasteiger partial charge in [0.05, 0.1) is 0 Å². The van der Waals surface area contributed by atoms with Gasteiger partial charge in [-0.05, 0) is 43.2 Å². The molecule has 0 aromatic heterocycles. The summed E-state index contributed by atoms with van der Waals surface area (Å²) in [5.41, 5.74) is 1.80. The van der Waals surface area contributed by atoms with Crippen LogP contribution in [0.25, 0.3) is 0 Å². The maximum absolute atomic E-state index is 12.1. The van der Waals surface area contributed by atoms with Gasteiger partial charge in [-0.2, -0.15) is 0 Å². The summed E-state index contributed by atoms with van der Waals surface area (Å²) in [5.74, 6) is 1.87. The number of carbonyl (C=O) groups is 1. The van der Waals surface area contributed by atoms with Crippen molar-refractivity contribution in [2.45, 2.75) is 26.2 Å². The lowest BCUT2D eigenvalue weighted by atomic mass is 9.98. The van der Waals surface area contributed by atoms with Crippen LogP contribution >= 0.6 is 11.6 Å². The first-order valence-corrected chi connectivity index (χ1v) is 7.15. The van der Waals surface area contributed by atoms with Gasteiger partial charge in [0.15, 0.2) is 0 Å². The van der Waals surface area contributed by atoms with Crippen LogP contribution in [-0.2, 0) is 0 Å². The van der Waals surface area contributed by atoms with Crippen LogP contribution in [0.3, 0.4) is 0 Å². The molecule has 1 N–H and O–H groups in total. The molecule has 1 aliphatic carbocycles. The maximum Gasteiger partial charge on any atom is 0.251 e. The molecule has 1 aliphatic rings. The molecule has 0 aliphatic heterocycles. The highest BCUT2D eigenvalue weighted by molar-refractivity contribution is 6.18. The lowest BCUT2D eigenvalue weighted by Gasteiger charge is -2.18. The minimum atomic E-state index is 0.0355. The lowest BCUT2D eigenvalue weighted by Crippen LogP contribution is -2.31. The van der Waals surface area contributed by atoms with Crippen LogP contribution in [0.4, 0.5) is 0 Å². The number of alkyl halides is 1. The summed E-state index contributed by atoms with van der Waals surface area (Å²) in [5, 5.41) is 3.05. The van der Waals surface area contributed by atoms with Crippen molar-refractivity contribution < 1.29 is 4.79 Å². The first-order valence-electron chi connectivity index (χ1n) is 6.62. The Bertz CT molecular complexity index is 419. The molecule has 0 heterocycles. The van der Waals surface area contributed by atoms with E-state index in [2.05, 4.69) is 5.32 Å². The number of aryl methyl sites for hydroxylation is 1. The van der Waals surface area contributed by atoms with Gasteiger partial charge in [0, 0.05) is 18.0 Å². The SMILES string of the molecule is Cc1ccccc1C(=O)NCC1CCCC1CCl. The Labute approximate surface area is 114 Å². The highest BCUT2D eigenvalue weighted by Gasteiger charge is 2.26. The fourth-order valence-electron chi connectivity index (χ4n) is 2.73. The number of carbonyl (C=O) groups excluding carboxylic acids is 1. The Kier molecular flexibility index (Phi) is 4.65. The van der Waals surface area contributed by atoms with E-state index in [0.29, 0.717) is 17.7 Å². The molecule has 3 heteroatoms. The van der Waals surface area contributed by atoms with Crippen LogP contribution in [0, 0.1) is 18.8 Å². The largest absolute Gasteiger partial charge is 0.352 e. The summed E-state index contributed by atoms with van der Waals surface area (Å²) in [6.07, 6.45) is 3.63. The third-order valence-electron chi connectivity index (χ3n) is 3.93. The number of nitrogens with one attached hydrogen (secondary N) is 1. The van der Waals surface area contributed by atoms with Crippen molar-refractivity contribution in [1.82, 2.24) is 5.32 Å². The second kappa shape index (κ2) is 6.24. The molecule has 2 unspecified atom stereocenters. The number of benzene rings is 1. The van der Waals surface area contributed by atoms with Crippen LogP contribution in [0.5, 0.6) is 0 Å². The van der Waals surface area contributed by atoms with Crippen LogP contribution in [0.2, 0.25) is 0 Å². The fourth-order valence-corrected chi connectivity index (χ4v) is 3.14. The van der Waals surface area contributed by atoms with E-state index in [0.717, 1.165) is 17.7 Å². The second-order valence-corrected chi connectivity index (χ2v) is 5.44. The van der Waals surface area contributed by atoms with Crippen LogP contribution in [0.15, 0.2) is 24.3 Å². The van der Waals surface area contributed by atoms with Crippen LogP contribution in [0.1, 0.15) is 35.2 Å². The summed E-state index contributed by atoms with van der Waals surface area (Å²) in [6.45, 7) is 2.72. The van der Waals surface area contributed by atoms with E-state index < -0.39 is 0 Å². The molecule has 1 amide bonds. The smallest absolute Gasteiger partial charge is 0.251 e. The van der Waals surface area contributed by atoms with E-state index in [1.807, 2.05) is 31.2 Å². The van der Waals surface area contributed by atoms with Gasteiger partial charge < -0.3 is 5.32 Å². The first-order chi connectivity index (χ1) is 8.72. The van der Waals surface area contributed by atoms with Gasteiger partial charge in [0.2, 0.25) is 0 Å². The monoisotopic (exact) mass is 265 g/mol. The molecule has 1 saturated carbocycles. The zero-order valence-electron chi connectivity index (χ0n) is 10.8. The number of rotatable bonds is 4. The zero-order chi connectivity index (χ0) is 13.0. The minimum Gasteiger partial charge on any atom is -0.352 e. The quantitative estimate of drug-likeness (QED) is 0.831. The molecule has 0 radical (unpaired) electrons. The Morgan fingerprint density at radius 2 is 2.06 bits per heavy atom. The Morgan fingerprint density at radius 3 is 2.78 bits per heavy atom. The number of amides is 1. The van der Waals surface area contributed by atoms with E-state index in [9.17, 15) is 4.79 Å². The summed E-state index contributed by atoms with van der Waals surface area (Å²) >= 11 is 5.95. The molecule has 2 rings (SSSR count). The molecule has 0 bridgehead atoms. The molecular formula is C15H20ClNO. The minimum absolute atomic E-state index is 0.0355. The van der Waals surface area contributed by atoms with Crippen molar-refractivity contribution in [3.8, 4) is 0 Å². The number of halogens is 1. The highest BCUT2D eigenvalue weighted by Crippen LogP contribution is 2.31. The standard InChI is InChI=1S/C15H20ClNO/c1-11-5-2-3-8-14(11)15(18)17-10-13-7-4-6-12(13)9-16/h2-3,5,8,12-13H,4,6-7,9-10H2,1H3,(H,17,18). The van der Waals surface area contributed by atoms with Gasteiger partial charge in [0.25, 0.3) is 5.91 Å². The number of hydrogen-bond donors (Lipinski definition) is 1. The van der Waals surface area contributed by atoms with E-state index in [4.69, 9.17) is 11.6 Å². The third-order valence-corrected chi connectivity index (χ3v) is 4.33. The Morgan fingerprint density at radius 1 is 1.33 bits per heavy atom. The summed E-state index contributed by atoms with van der Waals surface area (Å²) in [4.78, 5) is 12.1. The molecular weight excluding hydrogens is 246 g/mol. The lowest BCUT2D eigenvalue weighted by molar-refractivity contribution is 0.0944. The zero-order valence-corrected chi connectivity index (χ0v) is 11.5. The van der Waals surface area contributed by atoms with Crippen LogP contribution in [-0.4, -0.2) is 18.3 Å². The van der Waals surface area contributed by atoms with Gasteiger partial charge in [-0.1, -0.05) is 24.6 Å².